The standard InChI is InChI=1S/C11H14O2S/c1-10(12)13-7-8-14-9-11-5-3-2-4-6-11/h2-6H,7-9H2,1H3. The highest BCUT2D eigenvalue weighted by Gasteiger charge is 1.94. The van der Waals surface area contributed by atoms with Crippen molar-refractivity contribution >= 4 is 17.7 Å². The van der Waals surface area contributed by atoms with Crippen LogP contribution in [0.1, 0.15) is 12.5 Å². The van der Waals surface area contributed by atoms with Crippen LogP contribution in [0, 0.1) is 0 Å². The van der Waals surface area contributed by atoms with E-state index < -0.39 is 0 Å². The van der Waals surface area contributed by atoms with E-state index in [4.69, 9.17) is 4.74 Å². The third kappa shape index (κ3) is 4.92. The number of esters is 1. The van der Waals surface area contributed by atoms with Gasteiger partial charge in [0.2, 0.25) is 0 Å². The molecule has 1 aromatic rings. The molecule has 0 aliphatic rings. The fourth-order valence-electron chi connectivity index (χ4n) is 1.01. The molecular weight excluding hydrogens is 196 g/mol. The highest BCUT2D eigenvalue weighted by atomic mass is 32.2. The van der Waals surface area contributed by atoms with E-state index in [0.29, 0.717) is 6.61 Å². The first-order valence-corrected chi connectivity index (χ1v) is 5.69. The van der Waals surface area contributed by atoms with Crippen molar-refractivity contribution in [3.63, 3.8) is 0 Å². The van der Waals surface area contributed by atoms with E-state index in [0.717, 1.165) is 11.5 Å². The maximum Gasteiger partial charge on any atom is 0.302 e. The summed E-state index contributed by atoms with van der Waals surface area (Å²) in [6.45, 7) is 1.94. The molecule has 14 heavy (non-hydrogen) atoms. The predicted octanol–water partition coefficient (Wildman–Crippen LogP) is 2.48. The lowest BCUT2D eigenvalue weighted by atomic mass is 10.2. The van der Waals surface area contributed by atoms with Crippen molar-refractivity contribution in [3.05, 3.63) is 35.9 Å². The molecule has 0 radical (unpaired) electrons. The SMILES string of the molecule is CC(=O)OCCSCc1ccccc1. The predicted molar refractivity (Wildman–Crippen MR) is 59.2 cm³/mol. The van der Waals surface area contributed by atoms with Gasteiger partial charge in [-0.15, -0.1) is 0 Å². The van der Waals surface area contributed by atoms with Gasteiger partial charge in [0.1, 0.15) is 6.61 Å². The van der Waals surface area contributed by atoms with Crippen LogP contribution in [0.15, 0.2) is 30.3 Å². The molecule has 0 bridgehead atoms. The van der Waals surface area contributed by atoms with Gasteiger partial charge >= 0.3 is 5.97 Å². The number of rotatable bonds is 5. The fraction of sp³-hybridized carbons (Fsp3) is 0.364. The molecule has 0 saturated heterocycles. The third-order valence-corrected chi connectivity index (χ3v) is 2.64. The van der Waals surface area contributed by atoms with Crippen molar-refractivity contribution in [1.82, 2.24) is 0 Å². The summed E-state index contributed by atoms with van der Waals surface area (Å²) in [5.74, 6) is 1.63. The molecule has 1 aromatic carbocycles. The zero-order chi connectivity index (χ0) is 10.2. The monoisotopic (exact) mass is 210 g/mol. The minimum atomic E-state index is -0.203. The van der Waals surface area contributed by atoms with Crippen molar-refractivity contribution in [2.75, 3.05) is 12.4 Å². The molecule has 0 amide bonds. The van der Waals surface area contributed by atoms with E-state index in [1.165, 1.54) is 12.5 Å². The lowest BCUT2D eigenvalue weighted by molar-refractivity contribution is -0.140. The second kappa shape index (κ2) is 6.49. The Kier molecular flexibility index (Phi) is 5.15. The van der Waals surface area contributed by atoms with Gasteiger partial charge in [-0.25, -0.2) is 0 Å². The molecule has 0 saturated carbocycles. The van der Waals surface area contributed by atoms with E-state index in [1.54, 1.807) is 11.8 Å². The first-order valence-electron chi connectivity index (χ1n) is 4.54. The van der Waals surface area contributed by atoms with Crippen molar-refractivity contribution < 1.29 is 9.53 Å². The molecule has 76 valence electrons. The molecule has 3 heteroatoms. The van der Waals surface area contributed by atoms with Crippen LogP contribution in [0.4, 0.5) is 0 Å². The Morgan fingerprint density at radius 3 is 2.71 bits per heavy atom. The topological polar surface area (TPSA) is 26.3 Å². The Labute approximate surface area is 88.7 Å². The highest BCUT2D eigenvalue weighted by molar-refractivity contribution is 7.98. The van der Waals surface area contributed by atoms with Crippen LogP contribution in [0.25, 0.3) is 0 Å². The van der Waals surface area contributed by atoms with Crippen molar-refractivity contribution in [2.24, 2.45) is 0 Å². The Hall–Kier alpha value is -0.960. The van der Waals surface area contributed by atoms with Crippen LogP contribution in [-0.2, 0) is 15.3 Å². The molecule has 0 unspecified atom stereocenters. The summed E-state index contributed by atoms with van der Waals surface area (Å²) in [5.41, 5.74) is 1.31. The zero-order valence-corrected chi connectivity index (χ0v) is 9.05. The molecule has 1 rings (SSSR count). The Morgan fingerprint density at radius 1 is 1.36 bits per heavy atom. The van der Waals surface area contributed by atoms with Gasteiger partial charge in [-0.1, -0.05) is 30.3 Å². The van der Waals surface area contributed by atoms with Crippen molar-refractivity contribution in [3.8, 4) is 0 Å². The number of carbonyl (C=O) groups excluding carboxylic acids is 1. The summed E-state index contributed by atoms with van der Waals surface area (Å²) in [7, 11) is 0. The number of ether oxygens (including phenoxy) is 1. The van der Waals surface area contributed by atoms with E-state index >= 15 is 0 Å². The smallest absolute Gasteiger partial charge is 0.302 e. The van der Waals surface area contributed by atoms with E-state index in [2.05, 4.69) is 12.1 Å². The van der Waals surface area contributed by atoms with Crippen LogP contribution < -0.4 is 0 Å². The van der Waals surface area contributed by atoms with Crippen LogP contribution >= 0.6 is 11.8 Å². The van der Waals surface area contributed by atoms with Gasteiger partial charge < -0.3 is 4.74 Å². The summed E-state index contributed by atoms with van der Waals surface area (Å²) >= 11 is 1.77. The first kappa shape index (κ1) is 11.1. The van der Waals surface area contributed by atoms with Crippen LogP contribution in [0.3, 0.4) is 0 Å². The highest BCUT2D eigenvalue weighted by Crippen LogP contribution is 2.10. The fourth-order valence-corrected chi connectivity index (χ4v) is 1.78. The number of benzene rings is 1. The average Bonchev–Trinajstić information content (AvgIpc) is 2.18. The van der Waals surface area contributed by atoms with Crippen LogP contribution in [0.5, 0.6) is 0 Å². The van der Waals surface area contributed by atoms with Crippen LogP contribution in [-0.4, -0.2) is 18.3 Å². The molecule has 0 atom stereocenters. The number of hydrogen-bond donors (Lipinski definition) is 0. The van der Waals surface area contributed by atoms with Gasteiger partial charge in [0.05, 0.1) is 0 Å². The number of carbonyl (C=O) groups is 1. The maximum absolute atomic E-state index is 10.4. The normalized spacial score (nSPS) is 9.79. The van der Waals surface area contributed by atoms with Crippen LogP contribution in [0.2, 0.25) is 0 Å². The Balaban J connectivity index is 2.08. The van der Waals surface area contributed by atoms with Crippen molar-refractivity contribution in [2.45, 2.75) is 12.7 Å². The number of hydrogen-bond acceptors (Lipinski definition) is 3. The van der Waals surface area contributed by atoms with Gasteiger partial charge in [0.25, 0.3) is 0 Å². The Morgan fingerprint density at radius 2 is 2.07 bits per heavy atom. The van der Waals surface area contributed by atoms with E-state index in [9.17, 15) is 4.79 Å². The second-order valence-corrected chi connectivity index (χ2v) is 3.98. The summed E-state index contributed by atoms with van der Waals surface area (Å²) < 4.78 is 4.82. The molecule has 0 aromatic heterocycles. The van der Waals surface area contributed by atoms with Gasteiger partial charge in [0.15, 0.2) is 0 Å². The van der Waals surface area contributed by atoms with Gasteiger partial charge in [0, 0.05) is 18.4 Å². The summed E-state index contributed by atoms with van der Waals surface area (Å²) in [5, 5.41) is 0. The quantitative estimate of drug-likeness (QED) is 0.551. The second-order valence-electron chi connectivity index (χ2n) is 2.88. The summed E-state index contributed by atoms with van der Waals surface area (Å²) in [4.78, 5) is 10.4. The van der Waals surface area contributed by atoms with E-state index in [1.807, 2.05) is 18.2 Å². The maximum atomic E-state index is 10.4. The zero-order valence-electron chi connectivity index (χ0n) is 8.23. The number of thioether (sulfide) groups is 1. The molecule has 0 aliphatic carbocycles. The molecule has 0 aliphatic heterocycles. The van der Waals surface area contributed by atoms with E-state index in [-0.39, 0.29) is 5.97 Å². The van der Waals surface area contributed by atoms with Gasteiger partial charge in [-0.3, -0.25) is 4.79 Å². The third-order valence-electron chi connectivity index (χ3n) is 1.64. The van der Waals surface area contributed by atoms with Crippen molar-refractivity contribution in [1.29, 1.82) is 0 Å². The minimum Gasteiger partial charge on any atom is -0.465 e. The molecule has 2 nitrogen and oxygen atoms in total. The average molecular weight is 210 g/mol. The van der Waals surface area contributed by atoms with Gasteiger partial charge in [-0.05, 0) is 5.56 Å². The lowest BCUT2D eigenvalue weighted by Crippen LogP contribution is -2.02. The molecule has 0 N–H and O–H groups in total. The molecule has 0 spiro atoms. The summed E-state index contributed by atoms with van der Waals surface area (Å²) in [6, 6.07) is 10.3. The molecular formula is C11H14O2S. The lowest BCUT2D eigenvalue weighted by Gasteiger charge is -2.02. The molecule has 0 fully saturated rings. The molecule has 0 heterocycles. The summed E-state index contributed by atoms with van der Waals surface area (Å²) in [6.07, 6.45) is 0. The van der Waals surface area contributed by atoms with Gasteiger partial charge in [-0.2, -0.15) is 11.8 Å². The Bertz CT molecular complexity index is 272. The first-order chi connectivity index (χ1) is 6.79. The minimum absolute atomic E-state index is 0.203. The largest absolute Gasteiger partial charge is 0.465 e.